The number of hydrogen-bond acceptors (Lipinski definition) is 3. The molecule has 1 aromatic carbocycles. The van der Waals surface area contributed by atoms with E-state index in [4.69, 9.17) is 4.74 Å². The van der Waals surface area contributed by atoms with Crippen molar-refractivity contribution >= 4 is 5.97 Å². The fraction of sp³-hybridized carbons (Fsp3) is 0.611. The molecule has 0 N–H and O–H groups in total. The van der Waals surface area contributed by atoms with E-state index >= 15 is 0 Å². The normalized spacial score (nSPS) is 23.9. The lowest BCUT2D eigenvalue weighted by atomic mass is 10.1. The molecule has 1 aliphatic heterocycles. The minimum atomic E-state index is -0.0747. The highest BCUT2D eigenvalue weighted by atomic mass is 16.5. The zero-order valence-corrected chi connectivity index (χ0v) is 13.5. The number of unbranched alkanes of at least 4 members (excludes halogenated alkanes) is 3. The zero-order chi connectivity index (χ0) is 15.2. The SMILES string of the molecule is CCCCCCN1[C@@H](C(=O)OCC)[C@@H]1c1ccc(C)cc1. The number of carbonyl (C=O) groups excluding carboxylic acids is 1. The van der Waals surface area contributed by atoms with Crippen LogP contribution in [0.2, 0.25) is 0 Å². The molecule has 3 atom stereocenters. The van der Waals surface area contributed by atoms with Crippen molar-refractivity contribution in [2.45, 2.75) is 58.5 Å². The maximum atomic E-state index is 12.1. The Kier molecular flexibility index (Phi) is 5.80. The Bertz CT molecular complexity index is 455. The van der Waals surface area contributed by atoms with Crippen LogP contribution in [0, 0.1) is 6.92 Å². The molecular weight excluding hydrogens is 262 g/mol. The number of ether oxygens (including phenoxy) is 1. The van der Waals surface area contributed by atoms with Crippen LogP contribution in [-0.2, 0) is 9.53 Å². The van der Waals surface area contributed by atoms with Crippen molar-refractivity contribution in [2.75, 3.05) is 13.2 Å². The number of nitrogens with zero attached hydrogens (tertiary/aromatic N) is 1. The number of benzene rings is 1. The number of hydrogen-bond donors (Lipinski definition) is 0. The van der Waals surface area contributed by atoms with E-state index in [9.17, 15) is 4.79 Å². The van der Waals surface area contributed by atoms with E-state index in [2.05, 4.69) is 43.0 Å². The van der Waals surface area contributed by atoms with Crippen molar-refractivity contribution in [1.29, 1.82) is 0 Å². The van der Waals surface area contributed by atoms with Crippen molar-refractivity contribution in [3.63, 3.8) is 0 Å². The molecule has 0 amide bonds. The van der Waals surface area contributed by atoms with E-state index in [1.165, 1.54) is 30.4 Å². The minimum Gasteiger partial charge on any atom is -0.465 e. The van der Waals surface area contributed by atoms with Crippen LogP contribution in [-0.4, -0.2) is 30.1 Å². The monoisotopic (exact) mass is 289 g/mol. The van der Waals surface area contributed by atoms with Gasteiger partial charge in [-0.05, 0) is 32.4 Å². The Hall–Kier alpha value is -1.35. The van der Waals surface area contributed by atoms with Gasteiger partial charge in [-0.15, -0.1) is 0 Å². The minimum absolute atomic E-state index is 0.0708. The summed E-state index contributed by atoms with van der Waals surface area (Å²) >= 11 is 0. The van der Waals surface area contributed by atoms with Crippen LogP contribution in [0.25, 0.3) is 0 Å². The predicted octanol–water partition coefficient (Wildman–Crippen LogP) is 3.86. The number of esters is 1. The van der Waals surface area contributed by atoms with Gasteiger partial charge in [0.25, 0.3) is 0 Å². The molecule has 1 aliphatic rings. The van der Waals surface area contributed by atoms with Gasteiger partial charge in [0.15, 0.2) is 0 Å². The topological polar surface area (TPSA) is 29.3 Å². The molecule has 3 nitrogen and oxygen atoms in total. The van der Waals surface area contributed by atoms with Gasteiger partial charge in [-0.25, -0.2) is 0 Å². The third-order valence-electron chi connectivity index (χ3n) is 4.14. The summed E-state index contributed by atoms with van der Waals surface area (Å²) in [7, 11) is 0. The van der Waals surface area contributed by atoms with Gasteiger partial charge >= 0.3 is 5.97 Å². The molecule has 0 aliphatic carbocycles. The average Bonchev–Trinajstić information content (AvgIpc) is 3.19. The lowest BCUT2D eigenvalue weighted by Gasteiger charge is -2.04. The van der Waals surface area contributed by atoms with Crippen LogP contribution >= 0.6 is 0 Å². The molecule has 0 saturated carbocycles. The average molecular weight is 289 g/mol. The quantitative estimate of drug-likeness (QED) is 0.413. The highest BCUT2D eigenvalue weighted by Gasteiger charge is 2.53. The molecule has 3 heteroatoms. The van der Waals surface area contributed by atoms with Gasteiger partial charge in [-0.1, -0.05) is 56.0 Å². The lowest BCUT2D eigenvalue weighted by Crippen LogP contribution is -2.16. The molecule has 0 spiro atoms. The van der Waals surface area contributed by atoms with Crippen LogP contribution in [0.15, 0.2) is 24.3 Å². The van der Waals surface area contributed by atoms with E-state index in [0.717, 1.165) is 13.0 Å². The summed E-state index contributed by atoms with van der Waals surface area (Å²) in [6.45, 7) is 7.62. The zero-order valence-electron chi connectivity index (χ0n) is 13.5. The summed E-state index contributed by atoms with van der Waals surface area (Å²) in [5.74, 6) is -0.0708. The first-order chi connectivity index (χ1) is 10.2. The summed E-state index contributed by atoms with van der Waals surface area (Å²) in [4.78, 5) is 14.4. The molecule has 0 bridgehead atoms. The fourth-order valence-electron chi connectivity index (χ4n) is 2.90. The highest BCUT2D eigenvalue weighted by Crippen LogP contribution is 2.44. The van der Waals surface area contributed by atoms with E-state index in [1.54, 1.807) is 0 Å². The number of aryl methyl sites for hydroxylation is 1. The first kappa shape index (κ1) is 16.0. The van der Waals surface area contributed by atoms with Crippen molar-refractivity contribution in [3.8, 4) is 0 Å². The van der Waals surface area contributed by atoms with Crippen LogP contribution < -0.4 is 0 Å². The number of carbonyl (C=O) groups is 1. The van der Waals surface area contributed by atoms with Gasteiger partial charge in [0.1, 0.15) is 6.04 Å². The molecular formula is C18H27NO2. The van der Waals surface area contributed by atoms with Crippen LogP contribution in [0.1, 0.15) is 56.7 Å². The molecule has 1 fully saturated rings. The van der Waals surface area contributed by atoms with Crippen LogP contribution in [0.3, 0.4) is 0 Å². The third kappa shape index (κ3) is 4.07. The summed E-state index contributed by atoms with van der Waals surface area (Å²) in [6, 6.07) is 8.65. The third-order valence-corrected chi connectivity index (χ3v) is 4.14. The molecule has 1 saturated heterocycles. The summed E-state index contributed by atoms with van der Waals surface area (Å²) in [5, 5.41) is 0. The first-order valence-corrected chi connectivity index (χ1v) is 8.18. The second kappa shape index (κ2) is 7.60. The lowest BCUT2D eigenvalue weighted by molar-refractivity contribution is -0.143. The van der Waals surface area contributed by atoms with Crippen LogP contribution in [0.5, 0.6) is 0 Å². The van der Waals surface area contributed by atoms with E-state index in [0.29, 0.717) is 6.61 Å². The van der Waals surface area contributed by atoms with Crippen molar-refractivity contribution in [3.05, 3.63) is 35.4 Å². The van der Waals surface area contributed by atoms with Gasteiger partial charge in [-0.3, -0.25) is 9.69 Å². The fourth-order valence-corrected chi connectivity index (χ4v) is 2.90. The molecule has 21 heavy (non-hydrogen) atoms. The predicted molar refractivity (Wildman–Crippen MR) is 85.2 cm³/mol. The second-order valence-corrected chi connectivity index (χ2v) is 5.85. The molecule has 0 radical (unpaired) electrons. The Labute approximate surface area is 128 Å². The maximum Gasteiger partial charge on any atom is 0.325 e. The van der Waals surface area contributed by atoms with E-state index in [-0.39, 0.29) is 18.1 Å². The largest absolute Gasteiger partial charge is 0.465 e. The molecule has 116 valence electrons. The Morgan fingerprint density at radius 1 is 1.14 bits per heavy atom. The number of rotatable bonds is 8. The van der Waals surface area contributed by atoms with Crippen molar-refractivity contribution in [1.82, 2.24) is 4.90 Å². The maximum absolute atomic E-state index is 12.1. The van der Waals surface area contributed by atoms with Gasteiger partial charge in [-0.2, -0.15) is 0 Å². The van der Waals surface area contributed by atoms with E-state index in [1.807, 2.05) is 6.92 Å². The first-order valence-electron chi connectivity index (χ1n) is 8.18. The van der Waals surface area contributed by atoms with Crippen molar-refractivity contribution in [2.24, 2.45) is 0 Å². The molecule has 1 unspecified atom stereocenters. The smallest absolute Gasteiger partial charge is 0.325 e. The standard InChI is InChI=1S/C18H27NO2/c1-4-6-7-8-13-19-16(17(19)18(20)21-5-2)15-11-9-14(3)10-12-15/h9-12,16-17H,4-8,13H2,1-3H3/t16-,17+,19?/m0/s1. The Balaban J connectivity index is 1.98. The van der Waals surface area contributed by atoms with Crippen LogP contribution in [0.4, 0.5) is 0 Å². The molecule has 1 heterocycles. The van der Waals surface area contributed by atoms with Crippen molar-refractivity contribution < 1.29 is 9.53 Å². The highest BCUT2D eigenvalue weighted by molar-refractivity contribution is 5.80. The van der Waals surface area contributed by atoms with Gasteiger partial charge < -0.3 is 4.74 Å². The molecule has 2 rings (SSSR count). The second-order valence-electron chi connectivity index (χ2n) is 5.85. The Morgan fingerprint density at radius 3 is 2.48 bits per heavy atom. The summed E-state index contributed by atoms with van der Waals surface area (Å²) in [5.41, 5.74) is 2.48. The summed E-state index contributed by atoms with van der Waals surface area (Å²) < 4.78 is 5.22. The van der Waals surface area contributed by atoms with Gasteiger partial charge in [0.05, 0.1) is 12.6 Å². The van der Waals surface area contributed by atoms with Gasteiger partial charge in [0, 0.05) is 0 Å². The molecule has 1 aromatic rings. The summed E-state index contributed by atoms with van der Waals surface area (Å²) in [6.07, 6.45) is 4.91. The van der Waals surface area contributed by atoms with Gasteiger partial charge in [0.2, 0.25) is 0 Å². The Morgan fingerprint density at radius 2 is 1.86 bits per heavy atom. The molecule has 0 aromatic heterocycles. The van der Waals surface area contributed by atoms with E-state index < -0.39 is 0 Å².